The van der Waals surface area contributed by atoms with Crippen LogP contribution in [-0.2, 0) is 22.8 Å². The van der Waals surface area contributed by atoms with Crippen molar-refractivity contribution in [2.45, 2.75) is 25.8 Å². The second-order valence-corrected chi connectivity index (χ2v) is 13.7. The van der Waals surface area contributed by atoms with Crippen molar-refractivity contribution in [2.24, 2.45) is 0 Å². The molecule has 0 amide bonds. The first kappa shape index (κ1) is 27.4. The van der Waals surface area contributed by atoms with Crippen LogP contribution in [0.3, 0.4) is 0 Å². The number of aromatic nitrogens is 5. The third-order valence-corrected chi connectivity index (χ3v) is 9.04. The van der Waals surface area contributed by atoms with Crippen LogP contribution in [0.2, 0.25) is 0 Å². The van der Waals surface area contributed by atoms with E-state index in [9.17, 15) is 12.8 Å². The zero-order valence-electron chi connectivity index (χ0n) is 23.8. The van der Waals surface area contributed by atoms with Crippen LogP contribution in [0.1, 0.15) is 24.0 Å². The molecule has 1 saturated heterocycles. The van der Waals surface area contributed by atoms with Crippen LogP contribution < -0.4 is 0 Å². The van der Waals surface area contributed by atoms with E-state index >= 15 is 0 Å². The van der Waals surface area contributed by atoms with Gasteiger partial charge < -0.3 is 4.98 Å². The molecule has 0 radical (unpaired) electrons. The Labute approximate surface area is 248 Å². The van der Waals surface area contributed by atoms with Crippen LogP contribution in [0.25, 0.3) is 55.6 Å². The Hall–Kier alpha value is -4.41. The van der Waals surface area contributed by atoms with Crippen molar-refractivity contribution in [3.63, 3.8) is 0 Å². The molecular formula is C33H31FN6O2S. The summed E-state index contributed by atoms with van der Waals surface area (Å²) in [4.78, 5) is 15.1. The number of aryl methyl sites for hydroxylation is 1. The molecule has 2 aromatic carbocycles. The van der Waals surface area contributed by atoms with E-state index in [2.05, 4.69) is 31.1 Å². The van der Waals surface area contributed by atoms with Crippen LogP contribution in [0.15, 0.2) is 73.2 Å². The Kier molecular flexibility index (Phi) is 7.03. The first-order chi connectivity index (χ1) is 20.8. The third-order valence-electron chi connectivity index (χ3n) is 8.09. The highest BCUT2D eigenvalue weighted by molar-refractivity contribution is 7.90. The first-order valence-electron chi connectivity index (χ1n) is 14.4. The van der Waals surface area contributed by atoms with Crippen LogP contribution in [-0.4, -0.2) is 63.6 Å². The Morgan fingerprint density at radius 2 is 1.74 bits per heavy atom. The molecule has 4 aromatic heterocycles. The molecule has 5 heterocycles. The predicted molar refractivity (Wildman–Crippen MR) is 168 cm³/mol. The number of pyridine rings is 2. The minimum Gasteiger partial charge on any atom is -0.353 e. The van der Waals surface area contributed by atoms with Crippen LogP contribution in [0.4, 0.5) is 4.39 Å². The molecule has 0 saturated carbocycles. The molecule has 0 unspecified atom stereocenters. The number of likely N-dealkylation sites (tertiary alicyclic amines) is 1. The summed E-state index contributed by atoms with van der Waals surface area (Å²) in [5.41, 5.74) is 8.43. The lowest BCUT2D eigenvalue weighted by Gasteiger charge is -2.14. The monoisotopic (exact) mass is 594 g/mol. The van der Waals surface area contributed by atoms with Crippen molar-refractivity contribution in [1.82, 2.24) is 30.0 Å². The fraction of sp³-hybridized carbons (Fsp3) is 0.242. The smallest absolute Gasteiger partial charge is 0.147 e. The first-order valence-corrected chi connectivity index (χ1v) is 16.5. The molecule has 0 bridgehead atoms. The zero-order valence-corrected chi connectivity index (χ0v) is 24.6. The third kappa shape index (κ3) is 5.80. The number of sulfone groups is 1. The van der Waals surface area contributed by atoms with Gasteiger partial charge >= 0.3 is 0 Å². The normalized spacial score (nSPS) is 14.3. The van der Waals surface area contributed by atoms with Gasteiger partial charge in [0.2, 0.25) is 0 Å². The molecule has 2 N–H and O–H groups in total. The summed E-state index contributed by atoms with van der Waals surface area (Å²) in [6.45, 7) is 3.15. The van der Waals surface area contributed by atoms with E-state index < -0.39 is 15.7 Å². The molecule has 1 aliphatic rings. The van der Waals surface area contributed by atoms with Gasteiger partial charge in [-0.3, -0.25) is 20.0 Å². The number of rotatable bonds is 8. The van der Waals surface area contributed by atoms with Gasteiger partial charge in [-0.2, -0.15) is 5.10 Å². The molecule has 8 nitrogen and oxygen atoms in total. The highest BCUT2D eigenvalue weighted by Gasteiger charge is 2.17. The van der Waals surface area contributed by atoms with Gasteiger partial charge in [0.25, 0.3) is 0 Å². The predicted octanol–water partition coefficient (Wildman–Crippen LogP) is 6.16. The van der Waals surface area contributed by atoms with Gasteiger partial charge in [0.05, 0.1) is 28.9 Å². The Balaban J connectivity index is 1.24. The number of hydrogen-bond donors (Lipinski definition) is 2. The summed E-state index contributed by atoms with van der Waals surface area (Å²) >= 11 is 0. The Morgan fingerprint density at radius 1 is 0.907 bits per heavy atom. The van der Waals surface area contributed by atoms with E-state index in [0.29, 0.717) is 11.1 Å². The van der Waals surface area contributed by atoms with E-state index in [1.54, 1.807) is 6.20 Å². The van der Waals surface area contributed by atoms with Crippen molar-refractivity contribution in [3.8, 4) is 33.8 Å². The summed E-state index contributed by atoms with van der Waals surface area (Å²) in [5, 5.41) is 9.57. The molecule has 7 rings (SSSR count). The number of hydrogen-bond acceptors (Lipinski definition) is 6. The average Bonchev–Trinajstić information content (AvgIpc) is 3.75. The summed E-state index contributed by atoms with van der Waals surface area (Å²) < 4.78 is 38.0. The van der Waals surface area contributed by atoms with E-state index in [-0.39, 0.29) is 12.2 Å². The molecule has 218 valence electrons. The molecular weight excluding hydrogens is 563 g/mol. The molecule has 6 aromatic rings. The second-order valence-electron chi connectivity index (χ2n) is 11.4. The topological polar surface area (TPSA) is 108 Å². The average molecular weight is 595 g/mol. The zero-order chi connectivity index (χ0) is 29.6. The van der Waals surface area contributed by atoms with Gasteiger partial charge in [-0.15, -0.1) is 0 Å². The van der Waals surface area contributed by atoms with E-state index in [1.807, 2.05) is 48.8 Å². The molecule has 0 aliphatic carbocycles. The lowest BCUT2D eigenvalue weighted by Crippen LogP contribution is -2.18. The van der Waals surface area contributed by atoms with Crippen molar-refractivity contribution in [2.75, 3.05) is 25.1 Å². The van der Waals surface area contributed by atoms with Gasteiger partial charge in [-0.25, -0.2) is 12.8 Å². The number of nitrogens with one attached hydrogen (secondary N) is 2. The standard InChI is InChI=1S/C33H31FN6O2S/c1-43(41,42)10-7-21-11-23(14-25(34)13-21)26-5-4-6-29-27(26)15-31(37-29)33-28-16-30(36-19-32(28)38-39-33)24-12-22(17-35-18-24)20-40-8-2-3-9-40/h4-6,11-19,37H,2-3,7-10,20H2,1H3,(H,38,39). The molecule has 43 heavy (non-hydrogen) atoms. The summed E-state index contributed by atoms with van der Waals surface area (Å²) in [5.74, 6) is -0.429. The van der Waals surface area contributed by atoms with Crippen molar-refractivity contribution in [3.05, 3.63) is 90.1 Å². The number of nitrogens with zero attached hydrogens (tertiary/aromatic N) is 4. The molecule has 10 heteroatoms. The summed E-state index contributed by atoms with van der Waals surface area (Å²) in [7, 11) is -3.16. The van der Waals surface area contributed by atoms with Gasteiger partial charge in [0.15, 0.2) is 0 Å². The van der Waals surface area contributed by atoms with Crippen molar-refractivity contribution < 1.29 is 12.8 Å². The van der Waals surface area contributed by atoms with Crippen LogP contribution >= 0.6 is 0 Å². The minimum atomic E-state index is -3.16. The van der Waals surface area contributed by atoms with Crippen LogP contribution in [0.5, 0.6) is 0 Å². The maximum absolute atomic E-state index is 14.7. The Morgan fingerprint density at radius 3 is 2.58 bits per heavy atom. The molecule has 0 spiro atoms. The van der Waals surface area contributed by atoms with Crippen molar-refractivity contribution >= 4 is 31.6 Å². The Bertz CT molecular complexity index is 2080. The lowest BCUT2D eigenvalue weighted by atomic mass is 9.98. The van der Waals surface area contributed by atoms with Crippen molar-refractivity contribution in [1.29, 1.82) is 0 Å². The summed E-state index contributed by atoms with van der Waals surface area (Å²) in [6.07, 6.45) is 9.52. The number of aromatic amines is 2. The molecule has 0 atom stereocenters. The number of halogens is 1. The number of fused-ring (bicyclic) bond motifs is 2. The highest BCUT2D eigenvalue weighted by Crippen LogP contribution is 2.35. The number of H-pyrrole nitrogens is 2. The van der Waals surface area contributed by atoms with Gasteiger partial charge in [-0.05, 0) is 91.0 Å². The summed E-state index contributed by atoms with van der Waals surface area (Å²) in [6, 6.07) is 16.8. The van der Waals surface area contributed by atoms with E-state index in [0.717, 1.165) is 69.6 Å². The largest absolute Gasteiger partial charge is 0.353 e. The highest BCUT2D eigenvalue weighted by atomic mass is 32.2. The fourth-order valence-corrected chi connectivity index (χ4v) is 6.59. The quantitative estimate of drug-likeness (QED) is 0.219. The van der Waals surface area contributed by atoms with E-state index in [4.69, 9.17) is 4.98 Å². The molecule has 1 fully saturated rings. The van der Waals surface area contributed by atoms with Crippen LogP contribution in [0, 0.1) is 5.82 Å². The number of benzene rings is 2. The van der Waals surface area contributed by atoms with E-state index in [1.165, 1.54) is 36.8 Å². The second kappa shape index (κ2) is 11.0. The fourth-order valence-electron chi connectivity index (χ4n) is 5.98. The lowest BCUT2D eigenvalue weighted by molar-refractivity contribution is 0.331. The minimum absolute atomic E-state index is 0.0315. The SMILES string of the molecule is CS(=O)(=O)CCc1cc(F)cc(-c2cccc3[nH]c(-c4n[nH]c5cnc(-c6cncc(CN7CCCC7)c6)cc45)cc23)c1. The van der Waals surface area contributed by atoms with Gasteiger partial charge in [-0.1, -0.05) is 18.2 Å². The molecule has 1 aliphatic heterocycles. The maximum atomic E-state index is 14.7. The van der Waals surface area contributed by atoms with Gasteiger partial charge in [0, 0.05) is 47.0 Å². The van der Waals surface area contributed by atoms with Gasteiger partial charge in [0.1, 0.15) is 21.3 Å². The maximum Gasteiger partial charge on any atom is 0.147 e.